The van der Waals surface area contributed by atoms with Gasteiger partial charge in [-0.3, -0.25) is 0 Å². The molecule has 0 spiro atoms. The average molecular weight is 209 g/mol. The van der Waals surface area contributed by atoms with E-state index in [1.165, 1.54) is 0 Å². The van der Waals surface area contributed by atoms with Crippen LogP contribution in [-0.2, 0) is 11.3 Å². The van der Waals surface area contributed by atoms with E-state index in [-0.39, 0.29) is 12.7 Å². The topological polar surface area (TPSA) is 58.5 Å². The molecule has 1 unspecified atom stereocenters. The molecule has 82 valence electrons. The van der Waals surface area contributed by atoms with Crippen molar-refractivity contribution in [1.82, 2.24) is 9.97 Å². The van der Waals surface area contributed by atoms with E-state index in [9.17, 15) is 0 Å². The van der Waals surface area contributed by atoms with Gasteiger partial charge in [-0.1, -0.05) is 0 Å². The molecule has 0 amide bonds. The molecule has 1 saturated heterocycles. The molecule has 1 aromatic rings. The largest absolute Gasteiger partial charge is 0.392 e. The Morgan fingerprint density at radius 3 is 2.87 bits per heavy atom. The maximum absolute atomic E-state index is 8.87. The van der Waals surface area contributed by atoms with Crippen LogP contribution in [0.3, 0.4) is 0 Å². The monoisotopic (exact) mass is 209 g/mol. The summed E-state index contributed by atoms with van der Waals surface area (Å²) in [5.41, 5.74) is 0.736. The number of morpholine rings is 1. The minimum Gasteiger partial charge on any atom is -0.392 e. The van der Waals surface area contributed by atoms with Crippen molar-refractivity contribution in [3.05, 3.63) is 18.0 Å². The summed E-state index contributed by atoms with van der Waals surface area (Å²) in [6.45, 7) is 4.38. The molecule has 0 aliphatic carbocycles. The van der Waals surface area contributed by atoms with Crippen molar-refractivity contribution >= 4 is 5.95 Å². The third-order valence-electron chi connectivity index (χ3n) is 2.40. The van der Waals surface area contributed by atoms with Crippen LogP contribution in [0.15, 0.2) is 12.4 Å². The molecule has 5 heteroatoms. The number of rotatable bonds is 2. The van der Waals surface area contributed by atoms with Gasteiger partial charge in [0, 0.05) is 31.0 Å². The van der Waals surface area contributed by atoms with Crippen molar-refractivity contribution < 1.29 is 9.84 Å². The van der Waals surface area contributed by atoms with Crippen molar-refractivity contribution in [1.29, 1.82) is 0 Å². The molecular formula is C10H15N3O2. The highest BCUT2D eigenvalue weighted by Crippen LogP contribution is 2.12. The molecule has 1 fully saturated rings. The highest BCUT2D eigenvalue weighted by atomic mass is 16.5. The lowest BCUT2D eigenvalue weighted by molar-refractivity contribution is 0.0526. The van der Waals surface area contributed by atoms with E-state index in [1.54, 1.807) is 12.4 Å². The Balaban J connectivity index is 2.07. The number of aromatic nitrogens is 2. The second-order valence-corrected chi connectivity index (χ2v) is 3.68. The lowest BCUT2D eigenvalue weighted by Gasteiger charge is -2.30. The zero-order valence-electron chi connectivity index (χ0n) is 8.76. The van der Waals surface area contributed by atoms with Crippen LogP contribution in [0.25, 0.3) is 0 Å². The van der Waals surface area contributed by atoms with Gasteiger partial charge in [0.15, 0.2) is 0 Å². The Kier molecular flexibility index (Phi) is 3.13. The van der Waals surface area contributed by atoms with E-state index in [1.807, 2.05) is 6.92 Å². The van der Waals surface area contributed by atoms with Gasteiger partial charge in [0.1, 0.15) is 0 Å². The molecule has 0 saturated carbocycles. The Labute approximate surface area is 88.7 Å². The van der Waals surface area contributed by atoms with Crippen molar-refractivity contribution in [2.24, 2.45) is 0 Å². The Hall–Kier alpha value is -1.20. The van der Waals surface area contributed by atoms with Gasteiger partial charge in [-0.05, 0) is 6.92 Å². The molecule has 2 heterocycles. The number of aliphatic hydroxyl groups is 1. The average Bonchev–Trinajstić information content (AvgIpc) is 2.29. The van der Waals surface area contributed by atoms with E-state index in [2.05, 4.69) is 14.9 Å². The van der Waals surface area contributed by atoms with Crippen molar-refractivity contribution in [2.45, 2.75) is 19.6 Å². The normalized spacial score (nSPS) is 21.7. The molecule has 0 aromatic carbocycles. The van der Waals surface area contributed by atoms with Gasteiger partial charge in [0.25, 0.3) is 0 Å². The third kappa shape index (κ3) is 2.43. The quantitative estimate of drug-likeness (QED) is 0.753. The van der Waals surface area contributed by atoms with Gasteiger partial charge in [0.05, 0.1) is 19.3 Å². The summed E-state index contributed by atoms with van der Waals surface area (Å²) in [7, 11) is 0. The van der Waals surface area contributed by atoms with E-state index >= 15 is 0 Å². The maximum Gasteiger partial charge on any atom is 0.225 e. The van der Waals surface area contributed by atoms with Crippen LogP contribution in [0.2, 0.25) is 0 Å². The van der Waals surface area contributed by atoms with Gasteiger partial charge in [-0.2, -0.15) is 0 Å². The Bertz CT molecular complexity index is 315. The molecule has 2 rings (SSSR count). The predicted molar refractivity (Wildman–Crippen MR) is 55.6 cm³/mol. The highest BCUT2D eigenvalue weighted by molar-refractivity contribution is 5.30. The molecule has 15 heavy (non-hydrogen) atoms. The smallest absolute Gasteiger partial charge is 0.225 e. The van der Waals surface area contributed by atoms with E-state index < -0.39 is 0 Å². The lowest BCUT2D eigenvalue weighted by Crippen LogP contribution is -2.41. The van der Waals surface area contributed by atoms with E-state index in [0.717, 1.165) is 18.7 Å². The van der Waals surface area contributed by atoms with Crippen LogP contribution in [0.1, 0.15) is 12.5 Å². The molecule has 1 aromatic heterocycles. The number of anilines is 1. The molecule has 0 radical (unpaired) electrons. The first-order valence-corrected chi connectivity index (χ1v) is 5.08. The zero-order chi connectivity index (χ0) is 10.7. The summed E-state index contributed by atoms with van der Waals surface area (Å²) >= 11 is 0. The second-order valence-electron chi connectivity index (χ2n) is 3.68. The van der Waals surface area contributed by atoms with Crippen molar-refractivity contribution in [3.63, 3.8) is 0 Å². The number of nitrogens with zero attached hydrogens (tertiary/aromatic N) is 3. The van der Waals surface area contributed by atoms with Gasteiger partial charge >= 0.3 is 0 Å². The summed E-state index contributed by atoms with van der Waals surface area (Å²) in [4.78, 5) is 10.5. The van der Waals surface area contributed by atoms with E-state index in [0.29, 0.717) is 12.6 Å². The summed E-state index contributed by atoms with van der Waals surface area (Å²) in [6, 6.07) is 0. The fourth-order valence-electron chi connectivity index (χ4n) is 1.59. The number of hydrogen-bond donors (Lipinski definition) is 1. The van der Waals surface area contributed by atoms with E-state index in [4.69, 9.17) is 9.84 Å². The van der Waals surface area contributed by atoms with Crippen LogP contribution in [0.4, 0.5) is 5.95 Å². The number of ether oxygens (including phenoxy) is 1. The molecule has 1 aliphatic heterocycles. The minimum atomic E-state index is -0.0141. The van der Waals surface area contributed by atoms with Crippen LogP contribution >= 0.6 is 0 Å². The summed E-state index contributed by atoms with van der Waals surface area (Å²) in [5, 5.41) is 8.87. The molecule has 1 N–H and O–H groups in total. The maximum atomic E-state index is 8.87. The van der Waals surface area contributed by atoms with Gasteiger partial charge in [-0.15, -0.1) is 0 Å². The predicted octanol–water partition coefficient (Wildman–Crippen LogP) is 0.194. The first kappa shape index (κ1) is 10.3. The number of hydrogen-bond acceptors (Lipinski definition) is 5. The van der Waals surface area contributed by atoms with Gasteiger partial charge in [0.2, 0.25) is 5.95 Å². The SMILES string of the molecule is CC1CN(c2ncc(CO)cn2)CCO1. The number of aliphatic hydroxyl groups excluding tert-OH is 1. The van der Waals surface area contributed by atoms with Gasteiger partial charge < -0.3 is 14.7 Å². The van der Waals surface area contributed by atoms with Crippen molar-refractivity contribution in [3.8, 4) is 0 Å². The highest BCUT2D eigenvalue weighted by Gasteiger charge is 2.18. The molecule has 0 bridgehead atoms. The first-order chi connectivity index (χ1) is 7.29. The summed E-state index contributed by atoms with van der Waals surface area (Å²) in [6.07, 6.45) is 3.53. The van der Waals surface area contributed by atoms with Crippen LogP contribution in [0.5, 0.6) is 0 Å². The Morgan fingerprint density at radius 1 is 1.53 bits per heavy atom. The summed E-state index contributed by atoms with van der Waals surface area (Å²) in [5.74, 6) is 0.711. The molecule has 1 atom stereocenters. The van der Waals surface area contributed by atoms with Crippen LogP contribution < -0.4 is 4.90 Å². The minimum absolute atomic E-state index is 0.0141. The zero-order valence-corrected chi connectivity index (χ0v) is 8.76. The van der Waals surface area contributed by atoms with Crippen LogP contribution in [0, 0.1) is 0 Å². The molecule has 1 aliphatic rings. The van der Waals surface area contributed by atoms with Crippen LogP contribution in [-0.4, -0.2) is 40.9 Å². The second kappa shape index (κ2) is 4.55. The summed E-state index contributed by atoms with van der Waals surface area (Å²) < 4.78 is 5.44. The van der Waals surface area contributed by atoms with Gasteiger partial charge in [-0.25, -0.2) is 9.97 Å². The fourth-order valence-corrected chi connectivity index (χ4v) is 1.59. The lowest BCUT2D eigenvalue weighted by atomic mass is 10.3. The molecule has 5 nitrogen and oxygen atoms in total. The third-order valence-corrected chi connectivity index (χ3v) is 2.40. The molecular weight excluding hydrogens is 194 g/mol. The fraction of sp³-hybridized carbons (Fsp3) is 0.600. The van der Waals surface area contributed by atoms with Crippen molar-refractivity contribution in [2.75, 3.05) is 24.6 Å². The standard InChI is InChI=1S/C10H15N3O2/c1-8-6-13(2-3-15-8)10-11-4-9(7-14)5-12-10/h4-5,8,14H,2-3,6-7H2,1H3. The Morgan fingerprint density at radius 2 is 2.27 bits per heavy atom. The first-order valence-electron chi connectivity index (χ1n) is 5.08.